The number of nitrogens with one attached hydrogen (secondary N) is 1. The topological polar surface area (TPSA) is 82.2 Å². The van der Waals surface area contributed by atoms with Crippen LogP contribution < -0.4 is 5.32 Å². The van der Waals surface area contributed by atoms with E-state index in [9.17, 15) is 13.2 Å². The highest BCUT2D eigenvalue weighted by Crippen LogP contribution is 2.19. The van der Waals surface area contributed by atoms with Crippen molar-refractivity contribution in [2.24, 2.45) is 0 Å². The van der Waals surface area contributed by atoms with Gasteiger partial charge >= 0.3 is 0 Å². The lowest BCUT2D eigenvalue weighted by Crippen LogP contribution is -2.59. The van der Waals surface area contributed by atoms with Gasteiger partial charge in [-0.05, 0) is 33.3 Å². The first kappa shape index (κ1) is 23.1. The summed E-state index contributed by atoms with van der Waals surface area (Å²) in [7, 11) is -3.51. The number of ether oxygens (including phenoxy) is 1. The molecule has 2 heterocycles. The van der Waals surface area contributed by atoms with Crippen molar-refractivity contribution in [3.05, 3.63) is 35.4 Å². The Morgan fingerprint density at radius 2 is 1.63 bits per heavy atom. The van der Waals surface area contributed by atoms with Crippen LogP contribution in [0.15, 0.2) is 24.3 Å². The van der Waals surface area contributed by atoms with Crippen LogP contribution in [0.25, 0.3) is 0 Å². The Balaban J connectivity index is 1.50. The number of amides is 1. The van der Waals surface area contributed by atoms with E-state index in [1.54, 1.807) is 0 Å². The van der Waals surface area contributed by atoms with Crippen molar-refractivity contribution in [2.45, 2.75) is 52.5 Å². The van der Waals surface area contributed by atoms with Crippen LogP contribution in [0.2, 0.25) is 0 Å². The fraction of sp³-hybridized carbons (Fsp3) is 0.667. The van der Waals surface area contributed by atoms with E-state index in [2.05, 4.69) is 5.32 Å². The van der Waals surface area contributed by atoms with Crippen LogP contribution in [0.5, 0.6) is 0 Å². The molecule has 0 saturated carbocycles. The quantitative estimate of drug-likeness (QED) is 0.716. The maximum absolute atomic E-state index is 13.0. The standard InChI is InChI=1S/C21H34N4O4S/c1-16-5-7-20(8-6-16)13-22-21(26)19(4)23-9-11-24(12-10-23)30(27,28)25-14-17(2)29-18(3)15-25/h5-8,17-19H,9-15H2,1-4H3,(H,22,26)/t17-,18-,19-/m0/s1. The molecule has 1 aromatic carbocycles. The van der Waals surface area contributed by atoms with Gasteiger partial charge in [0.1, 0.15) is 0 Å². The molecule has 0 radical (unpaired) electrons. The first-order valence-corrected chi connectivity index (χ1v) is 12.0. The summed E-state index contributed by atoms with van der Waals surface area (Å²) in [5.41, 5.74) is 2.25. The van der Waals surface area contributed by atoms with Crippen molar-refractivity contribution >= 4 is 16.1 Å². The van der Waals surface area contributed by atoms with Crippen LogP contribution in [0.4, 0.5) is 0 Å². The highest BCUT2D eigenvalue weighted by atomic mass is 32.2. The van der Waals surface area contributed by atoms with Gasteiger partial charge in [-0.1, -0.05) is 29.8 Å². The third-order valence-electron chi connectivity index (χ3n) is 5.83. The van der Waals surface area contributed by atoms with E-state index >= 15 is 0 Å². The molecule has 2 aliphatic heterocycles. The minimum atomic E-state index is -3.51. The monoisotopic (exact) mass is 438 g/mol. The van der Waals surface area contributed by atoms with Crippen LogP contribution in [-0.2, 0) is 26.3 Å². The van der Waals surface area contributed by atoms with Crippen molar-refractivity contribution in [3.63, 3.8) is 0 Å². The van der Waals surface area contributed by atoms with Gasteiger partial charge in [-0.2, -0.15) is 17.0 Å². The molecule has 3 rings (SSSR count). The molecular weight excluding hydrogens is 404 g/mol. The second kappa shape index (κ2) is 9.74. The molecule has 8 nitrogen and oxygen atoms in total. The molecule has 1 amide bonds. The molecule has 2 aliphatic rings. The zero-order valence-corrected chi connectivity index (χ0v) is 19.2. The maximum atomic E-state index is 13.0. The number of hydrogen-bond donors (Lipinski definition) is 1. The Morgan fingerprint density at radius 1 is 1.07 bits per heavy atom. The molecule has 2 fully saturated rings. The molecule has 0 bridgehead atoms. The molecule has 9 heteroatoms. The molecule has 30 heavy (non-hydrogen) atoms. The van der Waals surface area contributed by atoms with Gasteiger partial charge in [-0.25, -0.2) is 0 Å². The van der Waals surface area contributed by atoms with E-state index in [1.165, 1.54) is 14.2 Å². The van der Waals surface area contributed by atoms with Crippen LogP contribution in [0.1, 0.15) is 31.9 Å². The number of hydrogen-bond acceptors (Lipinski definition) is 5. The summed E-state index contributed by atoms with van der Waals surface area (Å²) in [5, 5.41) is 2.98. The third kappa shape index (κ3) is 5.59. The second-order valence-electron chi connectivity index (χ2n) is 8.40. The lowest BCUT2D eigenvalue weighted by Gasteiger charge is -2.41. The number of benzene rings is 1. The Hall–Kier alpha value is -1.52. The number of piperazine rings is 1. The van der Waals surface area contributed by atoms with Gasteiger partial charge in [-0.3, -0.25) is 9.69 Å². The van der Waals surface area contributed by atoms with Crippen LogP contribution >= 0.6 is 0 Å². The van der Waals surface area contributed by atoms with E-state index in [0.29, 0.717) is 45.8 Å². The fourth-order valence-electron chi connectivity index (χ4n) is 4.01. The molecular formula is C21H34N4O4S. The zero-order chi connectivity index (χ0) is 21.9. The second-order valence-corrected chi connectivity index (χ2v) is 10.3. The minimum Gasteiger partial charge on any atom is -0.373 e. The average Bonchev–Trinajstić information content (AvgIpc) is 2.72. The summed E-state index contributed by atoms with van der Waals surface area (Å²) in [6.07, 6.45) is -0.218. The van der Waals surface area contributed by atoms with Gasteiger partial charge in [0.2, 0.25) is 5.91 Å². The fourth-order valence-corrected chi connectivity index (χ4v) is 5.76. The normalized spacial score (nSPS) is 25.7. The van der Waals surface area contributed by atoms with Crippen molar-refractivity contribution < 1.29 is 17.9 Å². The van der Waals surface area contributed by atoms with E-state index in [4.69, 9.17) is 4.74 Å². The van der Waals surface area contributed by atoms with Gasteiger partial charge in [0.15, 0.2) is 0 Å². The largest absolute Gasteiger partial charge is 0.373 e. The van der Waals surface area contributed by atoms with Crippen molar-refractivity contribution in [1.82, 2.24) is 18.8 Å². The summed E-state index contributed by atoms with van der Waals surface area (Å²) in [6.45, 7) is 10.8. The molecule has 2 saturated heterocycles. The molecule has 1 aromatic rings. The Labute approximate surface area is 180 Å². The molecule has 0 aliphatic carbocycles. The van der Waals surface area contributed by atoms with E-state index in [1.807, 2.05) is 56.9 Å². The number of aryl methyl sites for hydroxylation is 1. The highest BCUT2D eigenvalue weighted by molar-refractivity contribution is 7.86. The third-order valence-corrected chi connectivity index (χ3v) is 7.79. The molecule has 0 spiro atoms. The number of carbonyl (C=O) groups is 1. The van der Waals surface area contributed by atoms with Gasteiger partial charge < -0.3 is 10.1 Å². The highest BCUT2D eigenvalue weighted by Gasteiger charge is 2.37. The summed E-state index contributed by atoms with van der Waals surface area (Å²) in [5.74, 6) is -0.0392. The first-order chi connectivity index (χ1) is 14.2. The Morgan fingerprint density at radius 3 is 2.20 bits per heavy atom. The van der Waals surface area contributed by atoms with Crippen molar-refractivity contribution in [2.75, 3.05) is 39.3 Å². The van der Waals surface area contributed by atoms with E-state index in [-0.39, 0.29) is 24.2 Å². The number of carbonyl (C=O) groups excluding carboxylic acids is 1. The van der Waals surface area contributed by atoms with E-state index < -0.39 is 10.2 Å². The zero-order valence-electron chi connectivity index (χ0n) is 18.4. The van der Waals surface area contributed by atoms with Crippen molar-refractivity contribution in [1.29, 1.82) is 0 Å². The summed E-state index contributed by atoms with van der Waals surface area (Å²) >= 11 is 0. The number of rotatable bonds is 6. The SMILES string of the molecule is Cc1ccc(CNC(=O)[C@H](C)N2CCN(S(=O)(=O)N3C[C@H](C)O[C@@H](C)C3)CC2)cc1. The summed E-state index contributed by atoms with van der Waals surface area (Å²) in [4.78, 5) is 14.6. The van der Waals surface area contributed by atoms with Gasteiger partial charge in [-0.15, -0.1) is 0 Å². The van der Waals surface area contributed by atoms with Gasteiger partial charge in [0.05, 0.1) is 18.2 Å². The van der Waals surface area contributed by atoms with Crippen LogP contribution in [0, 0.1) is 6.92 Å². The van der Waals surface area contributed by atoms with Gasteiger partial charge in [0, 0.05) is 45.8 Å². The summed E-state index contributed by atoms with van der Waals surface area (Å²) < 4.78 is 34.8. The van der Waals surface area contributed by atoms with Crippen molar-refractivity contribution in [3.8, 4) is 0 Å². The predicted molar refractivity (Wildman–Crippen MR) is 116 cm³/mol. The molecule has 3 atom stereocenters. The lowest BCUT2D eigenvalue weighted by atomic mass is 10.1. The lowest BCUT2D eigenvalue weighted by molar-refractivity contribution is -0.126. The first-order valence-electron chi connectivity index (χ1n) is 10.6. The van der Waals surface area contributed by atoms with Gasteiger partial charge in [0.25, 0.3) is 10.2 Å². The smallest absolute Gasteiger partial charge is 0.282 e. The minimum absolute atomic E-state index is 0.0392. The van der Waals surface area contributed by atoms with Crippen LogP contribution in [0.3, 0.4) is 0 Å². The number of nitrogens with zero attached hydrogens (tertiary/aromatic N) is 3. The predicted octanol–water partition coefficient (Wildman–Crippen LogP) is 0.971. The molecule has 0 aromatic heterocycles. The Kier molecular flexibility index (Phi) is 7.52. The number of morpholine rings is 1. The molecule has 0 unspecified atom stereocenters. The molecule has 1 N–H and O–H groups in total. The average molecular weight is 439 g/mol. The Bertz CT molecular complexity index is 812. The van der Waals surface area contributed by atoms with Crippen LogP contribution in [-0.4, -0.2) is 85.4 Å². The van der Waals surface area contributed by atoms with E-state index in [0.717, 1.165) is 5.56 Å². The molecule has 168 valence electrons. The maximum Gasteiger partial charge on any atom is 0.282 e. The summed E-state index contributed by atoms with van der Waals surface area (Å²) in [6, 6.07) is 7.78.